The first-order valence-electron chi connectivity index (χ1n) is 3.08. The van der Waals surface area contributed by atoms with E-state index in [0.29, 0.717) is 0 Å². The van der Waals surface area contributed by atoms with E-state index in [1.54, 1.807) is 0 Å². The zero-order valence-corrected chi connectivity index (χ0v) is 5.17. The van der Waals surface area contributed by atoms with E-state index in [1.165, 1.54) is 6.42 Å². The van der Waals surface area contributed by atoms with Gasteiger partial charge in [-0.15, -0.1) is 0 Å². The van der Waals surface area contributed by atoms with Crippen LogP contribution in [0.25, 0.3) is 0 Å². The molecule has 0 bridgehead atoms. The molecule has 1 heterocycles. The first-order chi connectivity index (χ1) is 3.89. The van der Waals surface area contributed by atoms with E-state index >= 15 is 0 Å². The Morgan fingerprint density at radius 2 is 2.50 bits per heavy atom. The second-order valence-corrected chi connectivity index (χ2v) is 2.23. The van der Waals surface area contributed by atoms with Crippen molar-refractivity contribution in [1.82, 2.24) is 0 Å². The molecule has 0 aromatic heterocycles. The van der Waals surface area contributed by atoms with Crippen molar-refractivity contribution in [2.24, 2.45) is 10.9 Å². The van der Waals surface area contributed by atoms with Crippen LogP contribution in [0.1, 0.15) is 19.8 Å². The molecule has 0 saturated heterocycles. The third-order valence-electron chi connectivity index (χ3n) is 1.36. The van der Waals surface area contributed by atoms with E-state index < -0.39 is 0 Å². The second-order valence-electron chi connectivity index (χ2n) is 2.23. The molecule has 44 valence electrons. The monoisotopic (exact) mass is 109 g/mol. The molecule has 0 fully saturated rings. The first kappa shape index (κ1) is 5.54. The van der Waals surface area contributed by atoms with Crippen LogP contribution in [0.15, 0.2) is 17.3 Å². The quantitative estimate of drug-likeness (QED) is 0.451. The van der Waals surface area contributed by atoms with E-state index in [2.05, 4.69) is 18.0 Å². The lowest BCUT2D eigenvalue weighted by Gasteiger charge is -1.97. The van der Waals surface area contributed by atoms with E-state index in [-0.39, 0.29) is 0 Å². The van der Waals surface area contributed by atoms with Crippen molar-refractivity contribution in [1.29, 1.82) is 0 Å². The highest BCUT2D eigenvalue weighted by Crippen LogP contribution is 2.07. The molecule has 1 aliphatic rings. The minimum Gasteiger partial charge on any atom is -0.269 e. The van der Waals surface area contributed by atoms with Gasteiger partial charge in [0.2, 0.25) is 0 Å². The molecule has 0 N–H and O–H groups in total. The highest BCUT2D eigenvalue weighted by Gasteiger charge is 1.95. The third kappa shape index (κ3) is 1.49. The minimum absolute atomic E-state index is 0.720. The fourth-order valence-electron chi connectivity index (χ4n) is 0.766. The number of aliphatic imine (C=N–C) groups is 1. The number of hydrogen-bond acceptors (Lipinski definition) is 1. The van der Waals surface area contributed by atoms with Gasteiger partial charge in [0.05, 0.1) is 0 Å². The fraction of sp³-hybridized carbons (Fsp3) is 0.571. The summed E-state index contributed by atoms with van der Waals surface area (Å²) in [6.45, 7) is 2.21. The van der Waals surface area contributed by atoms with Crippen LogP contribution in [-0.4, -0.2) is 6.21 Å². The van der Waals surface area contributed by atoms with Gasteiger partial charge >= 0.3 is 0 Å². The summed E-state index contributed by atoms with van der Waals surface area (Å²) in [7, 11) is 0. The van der Waals surface area contributed by atoms with Crippen LogP contribution in [0.5, 0.6) is 0 Å². The van der Waals surface area contributed by atoms with Crippen LogP contribution in [0.4, 0.5) is 0 Å². The van der Waals surface area contributed by atoms with Crippen LogP contribution in [-0.2, 0) is 0 Å². The molecule has 0 amide bonds. The van der Waals surface area contributed by atoms with E-state index in [1.807, 2.05) is 12.4 Å². The summed E-state index contributed by atoms with van der Waals surface area (Å²) < 4.78 is 0. The maximum Gasteiger partial charge on any atom is 0.0226 e. The fourth-order valence-corrected chi connectivity index (χ4v) is 0.766. The topological polar surface area (TPSA) is 12.4 Å². The lowest BCUT2D eigenvalue weighted by atomic mass is 10.1. The molecule has 1 unspecified atom stereocenters. The normalized spacial score (nSPS) is 27.9. The van der Waals surface area contributed by atoms with Gasteiger partial charge < -0.3 is 0 Å². The first-order valence-corrected chi connectivity index (χ1v) is 3.08. The molecule has 0 spiro atoms. The van der Waals surface area contributed by atoms with E-state index in [0.717, 1.165) is 12.3 Å². The Balaban J connectivity index is 2.46. The lowest BCUT2D eigenvalue weighted by Crippen LogP contribution is -1.86. The standard InChI is InChI=1S/C7H11N/c1-7-3-2-5-8-6-4-7/h4-7H,2-3H2,1H3. The van der Waals surface area contributed by atoms with Gasteiger partial charge in [0.25, 0.3) is 0 Å². The Morgan fingerprint density at radius 3 is 3.38 bits per heavy atom. The van der Waals surface area contributed by atoms with Crippen molar-refractivity contribution in [3.05, 3.63) is 12.3 Å². The highest BCUT2D eigenvalue weighted by molar-refractivity contribution is 5.58. The SMILES string of the molecule is CC1C=CN=CCC1. The van der Waals surface area contributed by atoms with Gasteiger partial charge in [-0.25, -0.2) is 0 Å². The Morgan fingerprint density at radius 1 is 1.62 bits per heavy atom. The van der Waals surface area contributed by atoms with E-state index in [9.17, 15) is 0 Å². The molecule has 0 saturated carbocycles. The Labute approximate surface area is 50.1 Å². The highest BCUT2D eigenvalue weighted by atomic mass is 14.7. The number of nitrogens with zero attached hydrogens (tertiary/aromatic N) is 1. The summed E-state index contributed by atoms with van der Waals surface area (Å²) in [4.78, 5) is 4.02. The van der Waals surface area contributed by atoms with Gasteiger partial charge in [0.15, 0.2) is 0 Å². The molecular weight excluding hydrogens is 98.1 g/mol. The Bertz CT molecular complexity index is 114. The summed E-state index contributed by atoms with van der Waals surface area (Å²) in [5, 5.41) is 0. The molecule has 0 aliphatic carbocycles. The number of rotatable bonds is 0. The molecule has 1 rings (SSSR count). The summed E-state index contributed by atoms with van der Waals surface area (Å²) in [5.41, 5.74) is 0. The Hall–Kier alpha value is -0.590. The van der Waals surface area contributed by atoms with Crippen molar-refractivity contribution >= 4 is 6.21 Å². The van der Waals surface area contributed by atoms with Crippen LogP contribution in [0.3, 0.4) is 0 Å². The van der Waals surface area contributed by atoms with Gasteiger partial charge in [-0.3, -0.25) is 4.99 Å². The van der Waals surface area contributed by atoms with Crippen LogP contribution >= 0.6 is 0 Å². The van der Waals surface area contributed by atoms with E-state index in [4.69, 9.17) is 0 Å². The summed E-state index contributed by atoms with van der Waals surface area (Å²) >= 11 is 0. The summed E-state index contributed by atoms with van der Waals surface area (Å²) in [6.07, 6.45) is 8.38. The zero-order valence-electron chi connectivity index (χ0n) is 5.17. The van der Waals surface area contributed by atoms with Gasteiger partial charge in [-0.05, 0) is 18.8 Å². The van der Waals surface area contributed by atoms with Crippen molar-refractivity contribution in [3.8, 4) is 0 Å². The lowest BCUT2D eigenvalue weighted by molar-refractivity contribution is 0.677. The number of allylic oxidation sites excluding steroid dienone is 1. The minimum atomic E-state index is 0.720. The average Bonchev–Trinajstić information content (AvgIpc) is 1.94. The maximum atomic E-state index is 4.02. The third-order valence-corrected chi connectivity index (χ3v) is 1.36. The van der Waals surface area contributed by atoms with Crippen molar-refractivity contribution < 1.29 is 0 Å². The second kappa shape index (κ2) is 2.65. The molecule has 1 atom stereocenters. The van der Waals surface area contributed by atoms with Crippen LogP contribution < -0.4 is 0 Å². The van der Waals surface area contributed by atoms with Crippen molar-refractivity contribution in [2.75, 3.05) is 0 Å². The molecule has 1 aliphatic heterocycles. The van der Waals surface area contributed by atoms with Gasteiger partial charge in [0, 0.05) is 12.4 Å². The van der Waals surface area contributed by atoms with Gasteiger partial charge in [-0.1, -0.05) is 13.0 Å². The molecule has 1 heteroatoms. The molecule has 0 radical (unpaired) electrons. The molecule has 8 heavy (non-hydrogen) atoms. The maximum absolute atomic E-state index is 4.02. The van der Waals surface area contributed by atoms with Crippen molar-refractivity contribution in [2.45, 2.75) is 19.8 Å². The summed E-state index contributed by atoms with van der Waals surface area (Å²) in [6, 6.07) is 0. The molecule has 0 aromatic rings. The molecule has 1 nitrogen and oxygen atoms in total. The smallest absolute Gasteiger partial charge is 0.0226 e. The zero-order chi connectivity index (χ0) is 5.82. The molecular formula is C7H11N. The predicted molar refractivity (Wildman–Crippen MR) is 36.0 cm³/mol. The largest absolute Gasteiger partial charge is 0.269 e. The van der Waals surface area contributed by atoms with Gasteiger partial charge in [0.1, 0.15) is 0 Å². The van der Waals surface area contributed by atoms with Crippen LogP contribution in [0.2, 0.25) is 0 Å². The summed E-state index contributed by atoms with van der Waals surface area (Å²) in [5.74, 6) is 0.720. The van der Waals surface area contributed by atoms with Crippen LogP contribution in [0, 0.1) is 5.92 Å². The Kier molecular flexibility index (Phi) is 1.84. The average molecular weight is 109 g/mol. The molecule has 0 aromatic carbocycles. The predicted octanol–water partition coefficient (Wildman–Crippen LogP) is 2.00. The number of hydrogen-bond donors (Lipinski definition) is 0. The van der Waals surface area contributed by atoms with Crippen molar-refractivity contribution in [3.63, 3.8) is 0 Å². The van der Waals surface area contributed by atoms with Gasteiger partial charge in [-0.2, -0.15) is 0 Å².